The van der Waals surface area contributed by atoms with Gasteiger partial charge in [-0.3, -0.25) is 10.2 Å². The lowest BCUT2D eigenvalue weighted by atomic mass is 10.2. The van der Waals surface area contributed by atoms with E-state index < -0.39 is 0 Å². The zero-order valence-corrected chi connectivity index (χ0v) is 10.6. The molecule has 0 spiro atoms. The summed E-state index contributed by atoms with van der Waals surface area (Å²) in [6.45, 7) is 6.57. The molecule has 0 fully saturated rings. The topological polar surface area (TPSA) is 53.5 Å². The Balaban J connectivity index is 2.61. The number of rotatable bonds is 5. The highest BCUT2D eigenvalue weighted by atomic mass is 16.1. The Morgan fingerprint density at radius 1 is 1.24 bits per heavy atom. The van der Waals surface area contributed by atoms with Crippen LogP contribution in [-0.2, 0) is 0 Å². The molecule has 0 saturated carbocycles. The van der Waals surface area contributed by atoms with Gasteiger partial charge in [0.25, 0.3) is 5.91 Å². The van der Waals surface area contributed by atoms with Crippen LogP contribution < -0.4 is 10.7 Å². The van der Waals surface area contributed by atoms with Crippen LogP contribution in [-0.4, -0.2) is 18.2 Å². The summed E-state index contributed by atoms with van der Waals surface area (Å²) >= 11 is 0. The lowest BCUT2D eigenvalue weighted by Crippen LogP contribution is -2.23. The second kappa shape index (κ2) is 6.68. The zero-order valence-electron chi connectivity index (χ0n) is 10.6. The van der Waals surface area contributed by atoms with Crippen molar-refractivity contribution in [3.8, 4) is 0 Å². The third-order valence-electron chi connectivity index (χ3n) is 2.09. The molecule has 4 nitrogen and oxygen atoms in total. The molecule has 0 radical (unpaired) electrons. The van der Waals surface area contributed by atoms with E-state index in [0.29, 0.717) is 12.1 Å². The number of hydrazone groups is 1. The van der Waals surface area contributed by atoms with Crippen molar-refractivity contribution in [2.45, 2.75) is 27.2 Å². The number of amides is 1. The SMILES string of the molecule is CCCNC(=O)c1ccc(NN=C(C)C)cc1. The molecule has 0 saturated heterocycles. The van der Waals surface area contributed by atoms with E-state index in [1.165, 1.54) is 0 Å². The molecule has 0 aliphatic carbocycles. The van der Waals surface area contributed by atoms with E-state index >= 15 is 0 Å². The van der Waals surface area contributed by atoms with Gasteiger partial charge in [0.2, 0.25) is 0 Å². The molecular formula is C13H19N3O. The van der Waals surface area contributed by atoms with Crippen molar-refractivity contribution >= 4 is 17.3 Å². The largest absolute Gasteiger partial charge is 0.352 e. The second-order valence-electron chi connectivity index (χ2n) is 4.00. The summed E-state index contributed by atoms with van der Waals surface area (Å²) in [6.07, 6.45) is 0.940. The van der Waals surface area contributed by atoms with Gasteiger partial charge in [0, 0.05) is 17.8 Å². The van der Waals surface area contributed by atoms with Gasteiger partial charge < -0.3 is 5.32 Å². The monoisotopic (exact) mass is 233 g/mol. The summed E-state index contributed by atoms with van der Waals surface area (Å²) in [7, 11) is 0. The third kappa shape index (κ3) is 4.68. The van der Waals surface area contributed by atoms with E-state index in [1.54, 1.807) is 12.1 Å². The smallest absolute Gasteiger partial charge is 0.251 e. The highest BCUT2D eigenvalue weighted by Crippen LogP contribution is 2.09. The number of anilines is 1. The van der Waals surface area contributed by atoms with E-state index in [0.717, 1.165) is 17.8 Å². The minimum Gasteiger partial charge on any atom is -0.352 e. The minimum absolute atomic E-state index is 0.0337. The molecular weight excluding hydrogens is 214 g/mol. The first-order chi connectivity index (χ1) is 8.13. The Kier molecular flexibility index (Phi) is 5.20. The molecule has 1 aromatic rings. The van der Waals surface area contributed by atoms with Crippen LogP contribution >= 0.6 is 0 Å². The Labute approximate surface area is 102 Å². The number of hydrogen-bond acceptors (Lipinski definition) is 3. The number of carbonyl (C=O) groups excluding carboxylic acids is 1. The lowest BCUT2D eigenvalue weighted by Gasteiger charge is -2.05. The van der Waals surface area contributed by atoms with Crippen molar-refractivity contribution in [2.24, 2.45) is 5.10 Å². The van der Waals surface area contributed by atoms with Crippen molar-refractivity contribution in [2.75, 3.05) is 12.0 Å². The van der Waals surface area contributed by atoms with E-state index in [-0.39, 0.29) is 5.91 Å². The highest BCUT2D eigenvalue weighted by molar-refractivity contribution is 5.94. The van der Waals surface area contributed by atoms with Crippen molar-refractivity contribution in [3.05, 3.63) is 29.8 Å². The molecule has 1 aromatic carbocycles. The fourth-order valence-electron chi connectivity index (χ4n) is 1.21. The van der Waals surface area contributed by atoms with Gasteiger partial charge in [-0.1, -0.05) is 6.92 Å². The van der Waals surface area contributed by atoms with Crippen LogP contribution in [0.25, 0.3) is 0 Å². The fraction of sp³-hybridized carbons (Fsp3) is 0.385. The molecule has 17 heavy (non-hydrogen) atoms. The predicted molar refractivity (Wildman–Crippen MR) is 71.5 cm³/mol. The second-order valence-corrected chi connectivity index (χ2v) is 4.00. The molecule has 0 aliphatic rings. The quantitative estimate of drug-likeness (QED) is 0.606. The number of nitrogens with zero attached hydrogens (tertiary/aromatic N) is 1. The molecule has 2 N–H and O–H groups in total. The van der Waals surface area contributed by atoms with Crippen LogP contribution in [0, 0.1) is 0 Å². The van der Waals surface area contributed by atoms with Crippen molar-refractivity contribution < 1.29 is 4.79 Å². The summed E-state index contributed by atoms with van der Waals surface area (Å²) in [5.41, 5.74) is 5.40. The van der Waals surface area contributed by atoms with Gasteiger partial charge in [-0.05, 0) is 44.5 Å². The maximum absolute atomic E-state index is 11.6. The summed E-state index contributed by atoms with van der Waals surface area (Å²) in [5, 5.41) is 6.92. The van der Waals surface area contributed by atoms with Gasteiger partial charge in [0.15, 0.2) is 0 Å². The standard InChI is InChI=1S/C13H19N3O/c1-4-9-14-13(17)11-5-7-12(8-6-11)16-15-10(2)3/h5-8,16H,4,9H2,1-3H3,(H,14,17). The van der Waals surface area contributed by atoms with E-state index in [1.807, 2.05) is 32.9 Å². The van der Waals surface area contributed by atoms with Gasteiger partial charge >= 0.3 is 0 Å². The van der Waals surface area contributed by atoms with E-state index in [4.69, 9.17) is 0 Å². The minimum atomic E-state index is -0.0337. The maximum Gasteiger partial charge on any atom is 0.251 e. The van der Waals surface area contributed by atoms with Crippen molar-refractivity contribution in [3.63, 3.8) is 0 Å². The van der Waals surface area contributed by atoms with Crippen LogP contribution in [0.3, 0.4) is 0 Å². The predicted octanol–water partition coefficient (Wildman–Crippen LogP) is 2.63. The average Bonchev–Trinajstić information content (AvgIpc) is 2.34. The maximum atomic E-state index is 11.6. The van der Waals surface area contributed by atoms with Gasteiger partial charge in [-0.15, -0.1) is 0 Å². The number of hydrogen-bond donors (Lipinski definition) is 2. The molecule has 0 unspecified atom stereocenters. The molecule has 0 aliphatic heterocycles. The first-order valence-electron chi connectivity index (χ1n) is 5.78. The fourth-order valence-corrected chi connectivity index (χ4v) is 1.21. The summed E-state index contributed by atoms with van der Waals surface area (Å²) < 4.78 is 0. The van der Waals surface area contributed by atoms with Gasteiger partial charge in [0.1, 0.15) is 0 Å². The number of carbonyl (C=O) groups is 1. The van der Waals surface area contributed by atoms with Gasteiger partial charge in [0.05, 0.1) is 5.69 Å². The van der Waals surface area contributed by atoms with Gasteiger partial charge in [-0.2, -0.15) is 5.10 Å². The molecule has 0 aromatic heterocycles. The average molecular weight is 233 g/mol. The van der Waals surface area contributed by atoms with Crippen LogP contribution in [0.1, 0.15) is 37.6 Å². The lowest BCUT2D eigenvalue weighted by molar-refractivity contribution is 0.0953. The Morgan fingerprint density at radius 3 is 2.41 bits per heavy atom. The summed E-state index contributed by atoms with van der Waals surface area (Å²) in [5.74, 6) is -0.0337. The molecule has 0 heterocycles. The molecule has 0 bridgehead atoms. The summed E-state index contributed by atoms with van der Waals surface area (Å²) in [6, 6.07) is 7.25. The normalized spacial score (nSPS) is 9.59. The molecule has 4 heteroatoms. The number of benzene rings is 1. The van der Waals surface area contributed by atoms with Crippen LogP contribution in [0.4, 0.5) is 5.69 Å². The van der Waals surface area contributed by atoms with Crippen LogP contribution in [0.5, 0.6) is 0 Å². The van der Waals surface area contributed by atoms with E-state index in [9.17, 15) is 4.79 Å². The van der Waals surface area contributed by atoms with Crippen molar-refractivity contribution in [1.29, 1.82) is 0 Å². The Morgan fingerprint density at radius 2 is 1.88 bits per heavy atom. The zero-order chi connectivity index (χ0) is 12.7. The molecule has 1 amide bonds. The van der Waals surface area contributed by atoms with Crippen molar-refractivity contribution in [1.82, 2.24) is 5.32 Å². The first kappa shape index (κ1) is 13.2. The molecule has 0 atom stereocenters. The first-order valence-corrected chi connectivity index (χ1v) is 5.78. The van der Waals surface area contributed by atoms with Crippen LogP contribution in [0.15, 0.2) is 29.4 Å². The Hall–Kier alpha value is -1.84. The molecule has 92 valence electrons. The summed E-state index contributed by atoms with van der Waals surface area (Å²) in [4.78, 5) is 11.6. The highest BCUT2D eigenvalue weighted by Gasteiger charge is 2.03. The van der Waals surface area contributed by atoms with Crippen LogP contribution in [0.2, 0.25) is 0 Å². The molecule has 1 rings (SSSR count). The Bertz CT molecular complexity index is 392. The van der Waals surface area contributed by atoms with E-state index in [2.05, 4.69) is 15.8 Å². The number of nitrogens with one attached hydrogen (secondary N) is 2. The van der Waals surface area contributed by atoms with Gasteiger partial charge in [-0.25, -0.2) is 0 Å². The third-order valence-corrected chi connectivity index (χ3v) is 2.09.